The number of nitrogens with zero attached hydrogens (tertiary/aromatic N) is 6. The summed E-state index contributed by atoms with van der Waals surface area (Å²) in [5.74, 6) is 1.74. The molecule has 0 bridgehead atoms. The Bertz CT molecular complexity index is 810. The van der Waals surface area contributed by atoms with Gasteiger partial charge < -0.3 is 4.90 Å². The number of hydrogen-bond acceptors (Lipinski definition) is 6. The Labute approximate surface area is 142 Å². The van der Waals surface area contributed by atoms with E-state index in [1.807, 2.05) is 0 Å². The fraction of sp³-hybridized carbons (Fsp3) is 0.667. The van der Waals surface area contributed by atoms with Crippen molar-refractivity contribution < 1.29 is 8.42 Å². The van der Waals surface area contributed by atoms with Crippen LogP contribution in [-0.4, -0.2) is 64.2 Å². The van der Waals surface area contributed by atoms with Crippen LogP contribution in [0.1, 0.15) is 32.4 Å². The average molecular weight is 352 g/mol. The van der Waals surface area contributed by atoms with Gasteiger partial charge in [-0.2, -0.15) is 14.6 Å². The highest BCUT2D eigenvalue weighted by atomic mass is 32.2. The molecule has 132 valence electrons. The molecule has 0 amide bonds. The molecule has 24 heavy (non-hydrogen) atoms. The molecule has 0 spiro atoms. The van der Waals surface area contributed by atoms with Crippen molar-refractivity contribution in [1.82, 2.24) is 23.9 Å². The van der Waals surface area contributed by atoms with Crippen LogP contribution in [0.5, 0.6) is 0 Å². The fourth-order valence-electron chi connectivity index (χ4n) is 3.14. The van der Waals surface area contributed by atoms with Gasteiger partial charge in [0.1, 0.15) is 12.1 Å². The summed E-state index contributed by atoms with van der Waals surface area (Å²) in [6.45, 7) is 5.33. The molecular weight excluding hydrogens is 328 g/mol. The Morgan fingerprint density at radius 2 is 2.00 bits per heavy atom. The maximum atomic E-state index is 12.1. The first-order valence-electron chi connectivity index (χ1n) is 8.36. The zero-order valence-electron chi connectivity index (χ0n) is 14.4. The maximum absolute atomic E-state index is 12.1. The molecule has 0 aliphatic carbocycles. The van der Waals surface area contributed by atoms with E-state index in [1.165, 1.54) is 6.33 Å². The van der Waals surface area contributed by atoms with Crippen molar-refractivity contribution in [3.05, 3.63) is 18.1 Å². The van der Waals surface area contributed by atoms with E-state index in [9.17, 15) is 8.42 Å². The van der Waals surface area contributed by atoms with Crippen LogP contribution in [0.25, 0.3) is 5.78 Å². The first kappa shape index (κ1) is 17.1. The maximum Gasteiger partial charge on any atom is 0.254 e. The monoisotopic (exact) mass is 352 g/mol. The minimum absolute atomic E-state index is 0.0601. The van der Waals surface area contributed by atoms with Gasteiger partial charge in [0.15, 0.2) is 0 Å². The minimum Gasteiger partial charge on any atom is -0.356 e. The fourth-order valence-corrected chi connectivity index (χ4v) is 4.21. The summed E-state index contributed by atoms with van der Waals surface area (Å²) in [7, 11) is -1.45. The summed E-state index contributed by atoms with van der Waals surface area (Å²) in [6.07, 6.45) is 3.95. The molecule has 0 unspecified atom stereocenters. The van der Waals surface area contributed by atoms with Crippen LogP contribution in [0, 0.1) is 0 Å². The molecule has 0 aromatic carbocycles. The first-order valence-corrected chi connectivity index (χ1v) is 9.97. The number of hydrogen-bond donors (Lipinski definition) is 0. The lowest BCUT2D eigenvalue weighted by Crippen LogP contribution is -2.46. The van der Waals surface area contributed by atoms with Gasteiger partial charge in [-0.05, 0) is 26.2 Å². The molecule has 2 aromatic heterocycles. The van der Waals surface area contributed by atoms with Gasteiger partial charge in [0.2, 0.25) is 10.0 Å². The van der Waals surface area contributed by atoms with E-state index in [0.717, 1.165) is 43.9 Å². The largest absolute Gasteiger partial charge is 0.356 e. The predicted molar refractivity (Wildman–Crippen MR) is 92.6 cm³/mol. The number of rotatable bonds is 5. The third-order valence-electron chi connectivity index (χ3n) is 4.75. The summed E-state index contributed by atoms with van der Waals surface area (Å²) in [6, 6.07) is 2.11. The average Bonchev–Trinajstić information content (AvgIpc) is 3.08. The van der Waals surface area contributed by atoms with E-state index in [0.29, 0.717) is 5.78 Å². The van der Waals surface area contributed by atoms with Crippen LogP contribution in [0.3, 0.4) is 0 Å². The second-order valence-corrected chi connectivity index (χ2v) is 8.38. The number of piperidine rings is 1. The van der Waals surface area contributed by atoms with Crippen molar-refractivity contribution in [2.45, 2.75) is 39.2 Å². The van der Waals surface area contributed by atoms with Gasteiger partial charge in [-0.25, -0.2) is 17.7 Å². The highest BCUT2D eigenvalue weighted by Gasteiger charge is 2.29. The Morgan fingerprint density at radius 1 is 1.29 bits per heavy atom. The quantitative estimate of drug-likeness (QED) is 0.796. The van der Waals surface area contributed by atoms with Gasteiger partial charge in [-0.1, -0.05) is 6.92 Å². The Morgan fingerprint density at radius 3 is 2.62 bits per heavy atom. The summed E-state index contributed by atoms with van der Waals surface area (Å²) in [5, 5.41) is 4.27. The van der Waals surface area contributed by atoms with E-state index in [4.69, 9.17) is 0 Å². The smallest absolute Gasteiger partial charge is 0.254 e. The lowest BCUT2D eigenvalue weighted by molar-refractivity contribution is 0.311. The van der Waals surface area contributed by atoms with Crippen LogP contribution in [-0.2, 0) is 16.4 Å². The molecule has 0 N–H and O–H groups in total. The van der Waals surface area contributed by atoms with Gasteiger partial charge in [-0.15, -0.1) is 0 Å². The first-order chi connectivity index (χ1) is 11.5. The van der Waals surface area contributed by atoms with Crippen molar-refractivity contribution >= 4 is 21.6 Å². The lowest BCUT2D eigenvalue weighted by atomic mass is 10.1. The molecule has 2 aromatic rings. The molecule has 3 rings (SSSR count). The van der Waals surface area contributed by atoms with Crippen LogP contribution < -0.4 is 4.90 Å². The van der Waals surface area contributed by atoms with Crippen LogP contribution in [0.2, 0.25) is 0 Å². The molecule has 1 aliphatic heterocycles. The zero-order valence-corrected chi connectivity index (χ0v) is 15.2. The minimum atomic E-state index is -3.14. The van der Waals surface area contributed by atoms with E-state index in [1.54, 1.807) is 22.8 Å². The van der Waals surface area contributed by atoms with Crippen molar-refractivity contribution in [2.75, 3.05) is 30.8 Å². The predicted octanol–water partition coefficient (Wildman–Crippen LogP) is 0.937. The van der Waals surface area contributed by atoms with Crippen molar-refractivity contribution in [3.63, 3.8) is 0 Å². The highest BCUT2D eigenvalue weighted by molar-refractivity contribution is 7.89. The summed E-state index contributed by atoms with van der Waals surface area (Å²) >= 11 is 0. The SMILES string of the molecule is CCc1cc(N2CCC(N(C)S(=O)(=O)CC)CC2)n2ncnc2n1. The molecule has 3 heterocycles. The molecule has 0 atom stereocenters. The van der Waals surface area contributed by atoms with Gasteiger partial charge >= 0.3 is 0 Å². The van der Waals surface area contributed by atoms with Crippen LogP contribution >= 0.6 is 0 Å². The molecular formula is C15H24N6O2S. The topological polar surface area (TPSA) is 83.7 Å². The molecule has 9 heteroatoms. The molecule has 1 fully saturated rings. The van der Waals surface area contributed by atoms with E-state index < -0.39 is 10.0 Å². The van der Waals surface area contributed by atoms with Gasteiger partial charge in [0, 0.05) is 37.9 Å². The van der Waals surface area contributed by atoms with Crippen molar-refractivity contribution in [2.24, 2.45) is 0 Å². The number of aromatic nitrogens is 4. The number of sulfonamides is 1. The summed E-state index contributed by atoms with van der Waals surface area (Å²) in [5.41, 5.74) is 0.985. The van der Waals surface area contributed by atoms with Gasteiger partial charge in [0.25, 0.3) is 5.78 Å². The van der Waals surface area contributed by atoms with Gasteiger partial charge in [-0.3, -0.25) is 0 Å². The molecule has 1 aliphatic rings. The summed E-state index contributed by atoms with van der Waals surface area (Å²) < 4.78 is 27.4. The standard InChI is InChI=1S/C15H24N6O2S/c1-4-12-10-14(21-15(18-12)16-11-17-21)20-8-6-13(7-9-20)19(3)24(22,23)5-2/h10-11,13H,4-9H2,1-3H3. The van der Waals surface area contributed by atoms with Crippen LogP contribution in [0.4, 0.5) is 5.82 Å². The number of aryl methyl sites for hydroxylation is 1. The Hall–Kier alpha value is -1.74. The zero-order chi connectivity index (χ0) is 17.3. The Balaban J connectivity index is 1.79. The normalized spacial score (nSPS) is 17.1. The number of fused-ring (bicyclic) bond motifs is 1. The third-order valence-corrected chi connectivity index (χ3v) is 6.66. The van der Waals surface area contributed by atoms with Gasteiger partial charge in [0.05, 0.1) is 5.75 Å². The molecule has 8 nitrogen and oxygen atoms in total. The molecule has 0 radical (unpaired) electrons. The second-order valence-electron chi connectivity index (χ2n) is 6.07. The van der Waals surface area contributed by atoms with Crippen molar-refractivity contribution in [3.8, 4) is 0 Å². The van der Waals surface area contributed by atoms with Crippen molar-refractivity contribution in [1.29, 1.82) is 0 Å². The lowest BCUT2D eigenvalue weighted by Gasteiger charge is -2.37. The second kappa shape index (κ2) is 6.64. The van der Waals surface area contributed by atoms with E-state index in [2.05, 4.69) is 33.0 Å². The van der Waals surface area contributed by atoms with E-state index >= 15 is 0 Å². The van der Waals surface area contributed by atoms with E-state index in [-0.39, 0.29) is 11.8 Å². The molecule has 0 saturated carbocycles. The Kier molecular flexibility index (Phi) is 4.73. The highest BCUT2D eigenvalue weighted by Crippen LogP contribution is 2.24. The van der Waals surface area contributed by atoms with Crippen LogP contribution in [0.15, 0.2) is 12.4 Å². The number of anilines is 1. The molecule has 1 saturated heterocycles. The summed E-state index contributed by atoms with van der Waals surface area (Å²) in [4.78, 5) is 10.9. The third kappa shape index (κ3) is 3.10.